The molecule has 0 unspecified atom stereocenters. The highest BCUT2D eigenvalue weighted by Gasteiger charge is 2.50. The van der Waals surface area contributed by atoms with Crippen LogP contribution < -0.4 is 15.1 Å². The number of ether oxygens (including phenoxy) is 3. The summed E-state index contributed by atoms with van der Waals surface area (Å²) in [5.41, 5.74) is 1.46. The molecule has 3 aromatic carbocycles. The molecule has 0 radical (unpaired) electrons. The van der Waals surface area contributed by atoms with Gasteiger partial charge in [-0.15, -0.1) is 0 Å². The lowest BCUT2D eigenvalue weighted by Gasteiger charge is -2.43. The number of esters is 1. The molecule has 0 aliphatic carbocycles. The molecule has 0 N–H and O–H groups in total. The van der Waals surface area contributed by atoms with Gasteiger partial charge in [0.2, 0.25) is 0 Å². The molecule has 0 spiro atoms. The van der Waals surface area contributed by atoms with Crippen LogP contribution in [0, 0.1) is 0 Å². The largest absolute Gasteiger partial charge is 0.497 e. The lowest BCUT2D eigenvalue weighted by molar-refractivity contribution is 0.0596. The number of hydrogen-bond donors (Lipinski definition) is 0. The molecule has 44 heavy (non-hydrogen) atoms. The highest BCUT2D eigenvalue weighted by molar-refractivity contribution is 14.1. The number of methoxy groups -OCH3 is 2. The van der Waals surface area contributed by atoms with E-state index in [0.717, 1.165) is 14.9 Å². The first-order chi connectivity index (χ1) is 21.2. The zero-order chi connectivity index (χ0) is 31.6. The van der Waals surface area contributed by atoms with Gasteiger partial charge >= 0.3 is 5.97 Å². The number of halogens is 1. The van der Waals surface area contributed by atoms with E-state index in [0.29, 0.717) is 49.7 Å². The van der Waals surface area contributed by atoms with Crippen LogP contribution in [0.15, 0.2) is 99.0 Å². The van der Waals surface area contributed by atoms with Crippen molar-refractivity contribution in [2.24, 2.45) is 0 Å². The molecule has 232 valence electrons. The predicted octanol–water partition coefficient (Wildman–Crippen LogP) is 7.58. The van der Waals surface area contributed by atoms with E-state index >= 15 is 0 Å². The molecule has 1 heterocycles. The SMILES string of the molecule is COC(=O)c1cc(/C=C(\I)CCO[Si](c2ccccc2)(c2ccccc2)C(C)(C)C)oc1CCOCc1ccc(OC)cc1. The molecule has 0 aliphatic rings. The maximum absolute atomic E-state index is 12.5. The Bertz CT molecular complexity index is 1470. The third-order valence-corrected chi connectivity index (χ3v) is 13.4. The van der Waals surface area contributed by atoms with Crippen LogP contribution in [0.25, 0.3) is 6.08 Å². The van der Waals surface area contributed by atoms with Crippen LogP contribution in [0.5, 0.6) is 5.75 Å². The van der Waals surface area contributed by atoms with E-state index in [-0.39, 0.29) is 5.04 Å². The van der Waals surface area contributed by atoms with Gasteiger partial charge in [0.25, 0.3) is 8.32 Å². The number of carbonyl (C=O) groups is 1. The summed E-state index contributed by atoms with van der Waals surface area (Å²) in [6.45, 7) is 8.24. The van der Waals surface area contributed by atoms with Crippen molar-refractivity contribution < 1.29 is 27.8 Å². The van der Waals surface area contributed by atoms with E-state index in [9.17, 15) is 4.79 Å². The van der Waals surface area contributed by atoms with Crippen LogP contribution in [0.1, 0.15) is 54.6 Å². The maximum atomic E-state index is 12.5. The van der Waals surface area contributed by atoms with Gasteiger partial charge in [-0.25, -0.2) is 4.79 Å². The molecule has 0 saturated carbocycles. The van der Waals surface area contributed by atoms with E-state index in [1.54, 1.807) is 13.2 Å². The summed E-state index contributed by atoms with van der Waals surface area (Å²) in [6, 6.07) is 30.8. The van der Waals surface area contributed by atoms with Crippen LogP contribution >= 0.6 is 22.6 Å². The van der Waals surface area contributed by atoms with Crippen molar-refractivity contribution in [1.82, 2.24) is 0 Å². The van der Waals surface area contributed by atoms with E-state index in [1.807, 2.05) is 30.3 Å². The Morgan fingerprint density at radius 2 is 1.50 bits per heavy atom. The zero-order valence-corrected chi connectivity index (χ0v) is 29.3. The van der Waals surface area contributed by atoms with Gasteiger partial charge in [0, 0.05) is 19.4 Å². The summed E-state index contributed by atoms with van der Waals surface area (Å²) < 4.78 is 30.3. The van der Waals surface area contributed by atoms with Crippen molar-refractivity contribution in [2.45, 2.75) is 45.3 Å². The van der Waals surface area contributed by atoms with Gasteiger partial charge in [-0.3, -0.25) is 0 Å². The average molecular weight is 725 g/mol. The van der Waals surface area contributed by atoms with Crippen LogP contribution in [0.3, 0.4) is 0 Å². The zero-order valence-electron chi connectivity index (χ0n) is 26.1. The lowest BCUT2D eigenvalue weighted by Crippen LogP contribution is -2.66. The molecule has 6 nitrogen and oxygen atoms in total. The maximum Gasteiger partial charge on any atom is 0.341 e. The summed E-state index contributed by atoms with van der Waals surface area (Å²) in [5, 5.41) is 2.42. The Morgan fingerprint density at radius 1 is 0.886 bits per heavy atom. The van der Waals surface area contributed by atoms with Crippen molar-refractivity contribution in [3.05, 3.63) is 117 Å². The molecule has 4 aromatic rings. The number of furan rings is 1. The minimum Gasteiger partial charge on any atom is -0.497 e. The Hall–Kier alpha value is -3.18. The summed E-state index contributed by atoms with van der Waals surface area (Å²) in [5.74, 6) is 1.52. The monoisotopic (exact) mass is 724 g/mol. The van der Waals surface area contributed by atoms with Crippen molar-refractivity contribution in [3.8, 4) is 5.75 Å². The van der Waals surface area contributed by atoms with E-state index in [2.05, 4.69) is 104 Å². The van der Waals surface area contributed by atoms with Crippen LogP contribution in [0.4, 0.5) is 0 Å². The van der Waals surface area contributed by atoms with Crippen LogP contribution in [0.2, 0.25) is 5.04 Å². The van der Waals surface area contributed by atoms with Gasteiger partial charge in [0.1, 0.15) is 22.8 Å². The number of rotatable bonds is 14. The standard InChI is InChI=1S/C36H41IO6Si/c1-36(2,3)44(31-12-8-6-9-13-31,32-14-10-7-11-15-32)42-23-20-28(37)24-30-25-33(35(38)40-5)34(43-30)21-22-41-26-27-16-18-29(39-4)19-17-27/h6-19,24-25H,20-23,26H2,1-5H3/b28-24-. The first-order valence-electron chi connectivity index (χ1n) is 14.7. The highest BCUT2D eigenvalue weighted by atomic mass is 127. The lowest BCUT2D eigenvalue weighted by atomic mass is 10.2. The van der Waals surface area contributed by atoms with Gasteiger partial charge < -0.3 is 23.1 Å². The molecule has 0 amide bonds. The first kappa shape index (κ1) is 33.7. The molecule has 0 saturated heterocycles. The molecule has 0 atom stereocenters. The van der Waals surface area contributed by atoms with Gasteiger partial charge in [0.05, 0.1) is 27.4 Å². The normalized spacial score (nSPS) is 12.3. The molecule has 8 heteroatoms. The number of hydrogen-bond acceptors (Lipinski definition) is 6. The molecule has 4 rings (SSSR count). The van der Waals surface area contributed by atoms with Crippen molar-refractivity contribution >= 4 is 53.3 Å². The fraction of sp³-hybridized carbons (Fsp3) is 0.306. The van der Waals surface area contributed by atoms with Crippen molar-refractivity contribution in [3.63, 3.8) is 0 Å². The molecule has 1 aromatic heterocycles. The average Bonchev–Trinajstić information content (AvgIpc) is 3.43. The Balaban J connectivity index is 1.45. The molecular formula is C36H41IO6Si. The van der Waals surface area contributed by atoms with E-state index in [1.165, 1.54) is 17.5 Å². The first-order valence-corrected chi connectivity index (χ1v) is 17.7. The van der Waals surface area contributed by atoms with Gasteiger partial charge in [-0.2, -0.15) is 0 Å². The van der Waals surface area contributed by atoms with E-state index < -0.39 is 14.3 Å². The van der Waals surface area contributed by atoms with Crippen LogP contribution in [-0.4, -0.2) is 41.7 Å². The summed E-state index contributed by atoms with van der Waals surface area (Å²) >= 11 is 2.33. The number of carbonyl (C=O) groups excluding carboxylic acids is 1. The van der Waals surface area contributed by atoms with Gasteiger partial charge in [-0.1, -0.05) is 93.6 Å². The second-order valence-electron chi connectivity index (χ2n) is 11.5. The van der Waals surface area contributed by atoms with Gasteiger partial charge in [-0.05, 0) is 71.4 Å². The molecule has 0 aliphatic heterocycles. The summed E-state index contributed by atoms with van der Waals surface area (Å²) in [7, 11) is 0.401. The van der Waals surface area contributed by atoms with Crippen LogP contribution in [-0.2, 0) is 26.9 Å². The quantitative estimate of drug-likeness (QED) is 0.0579. The predicted molar refractivity (Wildman–Crippen MR) is 187 cm³/mol. The molecule has 0 bridgehead atoms. The Kier molecular flexibility index (Phi) is 12.0. The minimum atomic E-state index is -2.62. The summed E-state index contributed by atoms with van der Waals surface area (Å²) in [6.07, 6.45) is 3.12. The minimum absolute atomic E-state index is 0.0916. The van der Waals surface area contributed by atoms with Crippen molar-refractivity contribution in [2.75, 3.05) is 27.4 Å². The topological polar surface area (TPSA) is 67.1 Å². The summed E-state index contributed by atoms with van der Waals surface area (Å²) in [4.78, 5) is 12.5. The second-order valence-corrected chi connectivity index (χ2v) is 17.2. The third-order valence-electron chi connectivity index (χ3n) is 7.51. The Labute approximate surface area is 275 Å². The fourth-order valence-corrected chi connectivity index (χ4v) is 10.4. The molecular weight excluding hydrogens is 683 g/mol. The van der Waals surface area contributed by atoms with Crippen molar-refractivity contribution in [1.29, 1.82) is 0 Å². The smallest absolute Gasteiger partial charge is 0.341 e. The Morgan fingerprint density at radius 3 is 2.05 bits per heavy atom. The van der Waals surface area contributed by atoms with E-state index in [4.69, 9.17) is 23.1 Å². The number of benzene rings is 3. The fourth-order valence-electron chi connectivity index (χ4n) is 5.36. The highest BCUT2D eigenvalue weighted by Crippen LogP contribution is 2.37. The van der Waals surface area contributed by atoms with Gasteiger partial charge in [0.15, 0.2) is 0 Å². The third kappa shape index (κ3) is 8.29. The second kappa shape index (κ2) is 15.7. The molecule has 0 fully saturated rings.